The second-order valence-electron chi connectivity index (χ2n) is 4.63. The molecule has 1 unspecified atom stereocenters. The zero-order chi connectivity index (χ0) is 12.8. The standard InChI is InChI=1S/C14H23NO2/c1-4-10(2)9-17-12-5-6-13(11(3)7-12)14(15)8-16/h5-7,10,14,16H,4,8-9,15H2,1-3H3/t10?,14-/m0/s1. The van der Waals surface area contributed by atoms with Gasteiger partial charge in [-0.3, -0.25) is 0 Å². The fourth-order valence-electron chi connectivity index (χ4n) is 1.61. The molecule has 2 atom stereocenters. The number of nitrogens with two attached hydrogens (primary N) is 1. The van der Waals surface area contributed by atoms with E-state index in [4.69, 9.17) is 15.6 Å². The quantitative estimate of drug-likeness (QED) is 0.799. The van der Waals surface area contributed by atoms with Gasteiger partial charge < -0.3 is 15.6 Å². The van der Waals surface area contributed by atoms with Gasteiger partial charge in [0.2, 0.25) is 0 Å². The molecule has 0 aliphatic rings. The van der Waals surface area contributed by atoms with E-state index in [1.54, 1.807) is 0 Å². The Hall–Kier alpha value is -1.06. The van der Waals surface area contributed by atoms with Crippen molar-refractivity contribution in [1.29, 1.82) is 0 Å². The van der Waals surface area contributed by atoms with Crippen molar-refractivity contribution < 1.29 is 9.84 Å². The molecule has 3 nitrogen and oxygen atoms in total. The van der Waals surface area contributed by atoms with Gasteiger partial charge in [-0.05, 0) is 36.1 Å². The molecule has 0 aliphatic heterocycles. The van der Waals surface area contributed by atoms with Gasteiger partial charge in [0, 0.05) is 0 Å². The molecule has 0 spiro atoms. The maximum atomic E-state index is 9.03. The SMILES string of the molecule is CCC(C)COc1ccc([C@@H](N)CO)c(C)c1. The van der Waals surface area contributed by atoms with E-state index < -0.39 is 0 Å². The Bertz CT molecular complexity index is 352. The Balaban J connectivity index is 2.68. The molecule has 1 rings (SSSR count). The Morgan fingerprint density at radius 3 is 2.65 bits per heavy atom. The van der Waals surface area contributed by atoms with Crippen LogP contribution in [0.2, 0.25) is 0 Å². The van der Waals surface area contributed by atoms with E-state index >= 15 is 0 Å². The fraction of sp³-hybridized carbons (Fsp3) is 0.571. The Morgan fingerprint density at radius 1 is 1.41 bits per heavy atom. The maximum absolute atomic E-state index is 9.03. The average molecular weight is 237 g/mol. The van der Waals surface area contributed by atoms with Crippen molar-refractivity contribution in [1.82, 2.24) is 0 Å². The van der Waals surface area contributed by atoms with Gasteiger partial charge in [-0.25, -0.2) is 0 Å². The normalized spacial score (nSPS) is 14.4. The van der Waals surface area contributed by atoms with E-state index in [0.717, 1.165) is 29.9 Å². The van der Waals surface area contributed by atoms with Crippen LogP contribution in [0.25, 0.3) is 0 Å². The van der Waals surface area contributed by atoms with Gasteiger partial charge in [-0.15, -0.1) is 0 Å². The Labute approximate surface area is 104 Å². The predicted octanol–water partition coefficient (Wildman–Crippen LogP) is 2.41. The van der Waals surface area contributed by atoms with Crippen molar-refractivity contribution in [2.45, 2.75) is 33.2 Å². The lowest BCUT2D eigenvalue weighted by atomic mass is 10.0. The number of benzene rings is 1. The molecule has 0 aliphatic carbocycles. The molecule has 17 heavy (non-hydrogen) atoms. The van der Waals surface area contributed by atoms with Crippen molar-refractivity contribution >= 4 is 0 Å². The first-order chi connectivity index (χ1) is 8.08. The highest BCUT2D eigenvalue weighted by molar-refractivity contribution is 5.36. The highest BCUT2D eigenvalue weighted by Crippen LogP contribution is 2.21. The lowest BCUT2D eigenvalue weighted by molar-refractivity contribution is 0.255. The largest absolute Gasteiger partial charge is 0.493 e. The van der Waals surface area contributed by atoms with Crippen LogP contribution in [0, 0.1) is 12.8 Å². The third-order valence-electron chi connectivity index (χ3n) is 3.07. The summed E-state index contributed by atoms with van der Waals surface area (Å²) in [5.41, 5.74) is 7.84. The number of hydrogen-bond donors (Lipinski definition) is 2. The molecule has 0 fully saturated rings. The first-order valence-electron chi connectivity index (χ1n) is 6.18. The highest BCUT2D eigenvalue weighted by atomic mass is 16.5. The molecule has 0 radical (unpaired) electrons. The number of hydrogen-bond acceptors (Lipinski definition) is 3. The molecular formula is C14H23NO2. The Kier molecular flexibility index (Phi) is 5.45. The van der Waals surface area contributed by atoms with Crippen LogP contribution in [0.1, 0.15) is 37.4 Å². The topological polar surface area (TPSA) is 55.5 Å². The lowest BCUT2D eigenvalue weighted by Gasteiger charge is -2.15. The van der Waals surface area contributed by atoms with Crippen molar-refractivity contribution in [2.75, 3.05) is 13.2 Å². The molecule has 0 amide bonds. The molecule has 3 N–H and O–H groups in total. The molecule has 3 heteroatoms. The minimum absolute atomic E-state index is 0.0338. The van der Waals surface area contributed by atoms with E-state index in [1.807, 2.05) is 25.1 Å². The van der Waals surface area contributed by atoms with Crippen molar-refractivity contribution in [3.05, 3.63) is 29.3 Å². The van der Waals surface area contributed by atoms with Gasteiger partial charge in [0.25, 0.3) is 0 Å². The number of ether oxygens (including phenoxy) is 1. The second kappa shape index (κ2) is 6.62. The first-order valence-corrected chi connectivity index (χ1v) is 6.18. The van der Waals surface area contributed by atoms with E-state index in [-0.39, 0.29) is 12.6 Å². The summed E-state index contributed by atoms with van der Waals surface area (Å²) in [6, 6.07) is 5.52. The summed E-state index contributed by atoms with van der Waals surface area (Å²) in [6.07, 6.45) is 1.12. The summed E-state index contributed by atoms with van der Waals surface area (Å²) in [4.78, 5) is 0. The summed E-state index contributed by atoms with van der Waals surface area (Å²) in [5, 5.41) is 9.03. The van der Waals surface area contributed by atoms with Gasteiger partial charge >= 0.3 is 0 Å². The first kappa shape index (κ1) is 14.0. The maximum Gasteiger partial charge on any atom is 0.119 e. The Morgan fingerprint density at radius 2 is 2.12 bits per heavy atom. The predicted molar refractivity (Wildman–Crippen MR) is 70.1 cm³/mol. The summed E-state index contributed by atoms with van der Waals surface area (Å²) in [7, 11) is 0. The summed E-state index contributed by atoms with van der Waals surface area (Å²) in [5.74, 6) is 1.44. The fourth-order valence-corrected chi connectivity index (χ4v) is 1.61. The lowest BCUT2D eigenvalue weighted by Crippen LogP contribution is -2.15. The van der Waals surface area contributed by atoms with Crippen molar-refractivity contribution in [3.63, 3.8) is 0 Å². The monoisotopic (exact) mass is 237 g/mol. The van der Waals surface area contributed by atoms with E-state index in [9.17, 15) is 0 Å². The van der Waals surface area contributed by atoms with Crippen LogP contribution >= 0.6 is 0 Å². The minimum atomic E-state index is -0.307. The van der Waals surface area contributed by atoms with Gasteiger partial charge in [0.05, 0.1) is 19.3 Å². The number of aryl methyl sites for hydroxylation is 1. The number of aliphatic hydroxyl groups excluding tert-OH is 1. The molecule has 0 saturated heterocycles. The molecule has 1 aromatic rings. The molecular weight excluding hydrogens is 214 g/mol. The molecule has 1 aromatic carbocycles. The van der Waals surface area contributed by atoms with Crippen LogP contribution < -0.4 is 10.5 Å². The van der Waals surface area contributed by atoms with Gasteiger partial charge in [-0.1, -0.05) is 26.3 Å². The van der Waals surface area contributed by atoms with Crippen LogP contribution in [0.15, 0.2) is 18.2 Å². The summed E-state index contributed by atoms with van der Waals surface area (Å²) in [6.45, 7) is 7.02. The summed E-state index contributed by atoms with van der Waals surface area (Å²) >= 11 is 0. The number of rotatable bonds is 6. The molecule has 96 valence electrons. The van der Waals surface area contributed by atoms with Crippen LogP contribution in [0.5, 0.6) is 5.75 Å². The molecule has 0 saturated carbocycles. The number of aliphatic hydroxyl groups is 1. The van der Waals surface area contributed by atoms with Crippen LogP contribution in [-0.4, -0.2) is 18.3 Å². The van der Waals surface area contributed by atoms with E-state index in [1.165, 1.54) is 0 Å². The van der Waals surface area contributed by atoms with Crippen LogP contribution in [-0.2, 0) is 0 Å². The third-order valence-corrected chi connectivity index (χ3v) is 3.07. The van der Waals surface area contributed by atoms with E-state index in [2.05, 4.69) is 13.8 Å². The second-order valence-corrected chi connectivity index (χ2v) is 4.63. The molecule has 0 heterocycles. The van der Waals surface area contributed by atoms with Gasteiger partial charge in [0.15, 0.2) is 0 Å². The minimum Gasteiger partial charge on any atom is -0.493 e. The molecule has 0 aromatic heterocycles. The summed E-state index contributed by atoms with van der Waals surface area (Å²) < 4.78 is 5.70. The van der Waals surface area contributed by atoms with Crippen molar-refractivity contribution in [2.24, 2.45) is 11.7 Å². The zero-order valence-corrected chi connectivity index (χ0v) is 10.9. The van der Waals surface area contributed by atoms with Crippen molar-refractivity contribution in [3.8, 4) is 5.75 Å². The average Bonchev–Trinajstić information content (AvgIpc) is 2.35. The smallest absolute Gasteiger partial charge is 0.119 e. The zero-order valence-electron chi connectivity index (χ0n) is 10.9. The van der Waals surface area contributed by atoms with Gasteiger partial charge in [0.1, 0.15) is 5.75 Å². The highest BCUT2D eigenvalue weighted by Gasteiger charge is 2.09. The van der Waals surface area contributed by atoms with Crippen LogP contribution in [0.3, 0.4) is 0 Å². The molecule has 0 bridgehead atoms. The van der Waals surface area contributed by atoms with E-state index in [0.29, 0.717) is 5.92 Å². The van der Waals surface area contributed by atoms with Gasteiger partial charge in [-0.2, -0.15) is 0 Å². The van der Waals surface area contributed by atoms with Crippen LogP contribution in [0.4, 0.5) is 0 Å². The third kappa shape index (κ3) is 4.02.